The lowest BCUT2D eigenvalue weighted by Crippen LogP contribution is -2.53. The van der Waals surface area contributed by atoms with E-state index < -0.39 is 0 Å². The highest BCUT2D eigenvalue weighted by atomic mass is 127. The van der Waals surface area contributed by atoms with Gasteiger partial charge >= 0.3 is 0 Å². The Labute approximate surface area is 157 Å². The summed E-state index contributed by atoms with van der Waals surface area (Å²) in [5.74, 6) is 0.880. The van der Waals surface area contributed by atoms with Gasteiger partial charge in [-0.2, -0.15) is 11.8 Å². The quantitative estimate of drug-likeness (QED) is 0.373. The topological polar surface area (TPSA) is 48.9 Å². The SMILES string of the molecule is CN=C(NCC(C)N1CCOCC1C)NCC(C)(C)SC.I. The molecule has 0 spiro atoms. The molecule has 1 rings (SSSR count). The van der Waals surface area contributed by atoms with Gasteiger partial charge in [-0.1, -0.05) is 0 Å². The maximum Gasteiger partial charge on any atom is 0.191 e. The molecule has 132 valence electrons. The Hall–Kier alpha value is 0.270. The van der Waals surface area contributed by atoms with Gasteiger partial charge in [-0.3, -0.25) is 9.89 Å². The number of guanidine groups is 1. The summed E-state index contributed by atoms with van der Waals surface area (Å²) >= 11 is 1.86. The summed E-state index contributed by atoms with van der Waals surface area (Å²) in [7, 11) is 1.82. The minimum Gasteiger partial charge on any atom is -0.379 e. The molecule has 1 saturated heterocycles. The molecule has 0 radical (unpaired) electrons. The van der Waals surface area contributed by atoms with Gasteiger partial charge in [0.2, 0.25) is 0 Å². The van der Waals surface area contributed by atoms with Crippen LogP contribution in [0.15, 0.2) is 4.99 Å². The van der Waals surface area contributed by atoms with Crippen molar-refractivity contribution in [2.24, 2.45) is 4.99 Å². The molecule has 1 aliphatic heterocycles. The fraction of sp³-hybridized carbons (Fsp3) is 0.933. The zero-order valence-corrected chi connectivity index (χ0v) is 18.0. The number of halogens is 1. The molecule has 2 unspecified atom stereocenters. The second-order valence-electron chi connectivity index (χ2n) is 6.28. The van der Waals surface area contributed by atoms with Gasteiger partial charge in [0.25, 0.3) is 0 Å². The second-order valence-corrected chi connectivity index (χ2v) is 7.79. The van der Waals surface area contributed by atoms with Crippen molar-refractivity contribution in [2.45, 2.75) is 44.5 Å². The van der Waals surface area contributed by atoms with Crippen LogP contribution in [0.1, 0.15) is 27.7 Å². The van der Waals surface area contributed by atoms with Gasteiger partial charge in [0.15, 0.2) is 5.96 Å². The molecule has 1 aliphatic rings. The molecule has 7 heteroatoms. The zero-order chi connectivity index (χ0) is 15.9. The average Bonchev–Trinajstić information content (AvgIpc) is 2.47. The van der Waals surface area contributed by atoms with Crippen LogP contribution in [0.3, 0.4) is 0 Å². The van der Waals surface area contributed by atoms with E-state index in [1.54, 1.807) is 0 Å². The Morgan fingerprint density at radius 3 is 2.68 bits per heavy atom. The minimum atomic E-state index is 0. The van der Waals surface area contributed by atoms with Crippen LogP contribution in [0.4, 0.5) is 0 Å². The van der Waals surface area contributed by atoms with Crippen LogP contribution in [0.2, 0.25) is 0 Å². The largest absolute Gasteiger partial charge is 0.379 e. The Balaban J connectivity index is 0.00000441. The summed E-state index contributed by atoms with van der Waals surface area (Å²) in [6.45, 7) is 13.4. The highest BCUT2D eigenvalue weighted by molar-refractivity contribution is 14.0. The normalized spacial score (nSPS) is 21.9. The lowest BCUT2D eigenvalue weighted by Gasteiger charge is -2.38. The maximum atomic E-state index is 5.50. The molecule has 2 N–H and O–H groups in total. The first kappa shape index (κ1) is 22.3. The van der Waals surface area contributed by atoms with Crippen molar-refractivity contribution >= 4 is 41.7 Å². The first-order valence-corrected chi connectivity index (χ1v) is 8.95. The van der Waals surface area contributed by atoms with E-state index in [2.05, 4.69) is 54.5 Å². The van der Waals surface area contributed by atoms with Crippen LogP contribution in [-0.4, -0.2) is 73.8 Å². The molecule has 0 amide bonds. The summed E-state index contributed by atoms with van der Waals surface area (Å²) < 4.78 is 5.71. The molecule has 0 aromatic rings. The van der Waals surface area contributed by atoms with Gasteiger partial charge in [0.05, 0.1) is 13.2 Å². The number of aliphatic imine (C=N–C) groups is 1. The third-order valence-electron chi connectivity index (χ3n) is 4.01. The van der Waals surface area contributed by atoms with Crippen molar-refractivity contribution in [1.29, 1.82) is 0 Å². The lowest BCUT2D eigenvalue weighted by molar-refractivity contribution is -0.0174. The summed E-state index contributed by atoms with van der Waals surface area (Å²) in [6, 6.07) is 0.956. The highest BCUT2D eigenvalue weighted by Gasteiger charge is 2.23. The number of ether oxygens (including phenoxy) is 1. The molecule has 0 aliphatic carbocycles. The maximum absolute atomic E-state index is 5.50. The van der Waals surface area contributed by atoms with Crippen molar-refractivity contribution < 1.29 is 4.74 Å². The smallest absolute Gasteiger partial charge is 0.191 e. The van der Waals surface area contributed by atoms with Gasteiger partial charge in [-0.25, -0.2) is 0 Å². The fourth-order valence-electron chi connectivity index (χ4n) is 2.35. The standard InChI is InChI=1S/C15H32N4OS.HI/c1-12(19-7-8-20-10-13(19)2)9-17-14(16-5)18-11-15(3,4)21-6;/h12-13H,7-11H2,1-6H3,(H2,16,17,18);1H. The molecule has 1 heterocycles. The number of hydrogen-bond acceptors (Lipinski definition) is 4. The molecule has 1 fully saturated rings. The number of thioether (sulfide) groups is 1. The third kappa shape index (κ3) is 7.70. The van der Waals surface area contributed by atoms with Gasteiger partial charge < -0.3 is 15.4 Å². The second kappa shape index (κ2) is 10.9. The fourth-order valence-corrected chi connectivity index (χ4v) is 2.56. The van der Waals surface area contributed by atoms with E-state index in [9.17, 15) is 0 Å². The molecular weight excluding hydrogens is 411 g/mol. The molecule has 22 heavy (non-hydrogen) atoms. The number of hydrogen-bond donors (Lipinski definition) is 2. The average molecular weight is 444 g/mol. The van der Waals surface area contributed by atoms with E-state index in [4.69, 9.17) is 4.74 Å². The first-order chi connectivity index (χ1) is 9.89. The Bertz CT molecular complexity index is 342. The van der Waals surface area contributed by atoms with Gasteiger partial charge in [-0.05, 0) is 34.0 Å². The summed E-state index contributed by atoms with van der Waals surface area (Å²) in [4.78, 5) is 6.80. The lowest BCUT2D eigenvalue weighted by atomic mass is 10.2. The Morgan fingerprint density at radius 2 is 2.14 bits per heavy atom. The molecular formula is C15H33IN4OS. The van der Waals surface area contributed by atoms with Gasteiger partial charge in [0.1, 0.15) is 0 Å². The first-order valence-electron chi connectivity index (χ1n) is 7.73. The number of rotatable bonds is 6. The van der Waals surface area contributed by atoms with E-state index in [-0.39, 0.29) is 28.7 Å². The Kier molecular flexibility index (Phi) is 11.1. The molecule has 0 aromatic heterocycles. The van der Waals surface area contributed by atoms with Crippen LogP contribution in [0.25, 0.3) is 0 Å². The van der Waals surface area contributed by atoms with Crippen molar-refractivity contribution in [3.05, 3.63) is 0 Å². The summed E-state index contributed by atoms with van der Waals surface area (Å²) in [5, 5.41) is 6.84. The van der Waals surface area contributed by atoms with E-state index in [0.29, 0.717) is 12.1 Å². The van der Waals surface area contributed by atoms with Crippen LogP contribution < -0.4 is 10.6 Å². The third-order valence-corrected chi connectivity index (χ3v) is 5.26. The van der Waals surface area contributed by atoms with E-state index in [1.165, 1.54) is 0 Å². The van der Waals surface area contributed by atoms with Crippen LogP contribution in [0.5, 0.6) is 0 Å². The van der Waals surface area contributed by atoms with Crippen LogP contribution in [-0.2, 0) is 4.74 Å². The monoisotopic (exact) mass is 444 g/mol. The molecule has 0 saturated carbocycles. The predicted octanol–water partition coefficient (Wildman–Crippen LogP) is 2.02. The van der Waals surface area contributed by atoms with E-state index in [0.717, 1.165) is 38.8 Å². The molecule has 0 aromatic carbocycles. The Morgan fingerprint density at radius 1 is 1.45 bits per heavy atom. The molecule has 0 bridgehead atoms. The number of nitrogens with one attached hydrogen (secondary N) is 2. The zero-order valence-electron chi connectivity index (χ0n) is 14.8. The predicted molar refractivity (Wildman–Crippen MR) is 109 cm³/mol. The summed E-state index contributed by atoms with van der Waals surface area (Å²) in [6.07, 6.45) is 2.14. The van der Waals surface area contributed by atoms with Crippen LogP contribution >= 0.6 is 35.7 Å². The van der Waals surface area contributed by atoms with Crippen LogP contribution in [0, 0.1) is 0 Å². The molecule has 5 nitrogen and oxygen atoms in total. The van der Waals surface area contributed by atoms with Crippen molar-refractivity contribution in [1.82, 2.24) is 15.5 Å². The van der Waals surface area contributed by atoms with Crippen molar-refractivity contribution in [3.8, 4) is 0 Å². The highest BCUT2D eigenvalue weighted by Crippen LogP contribution is 2.19. The van der Waals surface area contributed by atoms with E-state index >= 15 is 0 Å². The molecule has 2 atom stereocenters. The number of nitrogens with zero attached hydrogens (tertiary/aromatic N) is 2. The minimum absolute atomic E-state index is 0. The van der Waals surface area contributed by atoms with Crippen molar-refractivity contribution in [2.75, 3.05) is 46.2 Å². The van der Waals surface area contributed by atoms with Gasteiger partial charge in [-0.15, -0.1) is 24.0 Å². The number of morpholine rings is 1. The van der Waals surface area contributed by atoms with Gasteiger partial charge in [0, 0.05) is 43.5 Å². The van der Waals surface area contributed by atoms with E-state index in [1.807, 2.05) is 18.8 Å². The van der Waals surface area contributed by atoms with Crippen molar-refractivity contribution in [3.63, 3.8) is 0 Å². The summed E-state index contributed by atoms with van der Waals surface area (Å²) in [5.41, 5.74) is 0.